The van der Waals surface area contributed by atoms with E-state index in [1.54, 1.807) is 4.90 Å². The summed E-state index contributed by atoms with van der Waals surface area (Å²) >= 11 is 0. The van der Waals surface area contributed by atoms with Gasteiger partial charge in [-0.05, 0) is 37.6 Å². The monoisotopic (exact) mass is 381 g/mol. The van der Waals surface area contributed by atoms with Crippen LogP contribution in [0.1, 0.15) is 40.0 Å². The smallest absolute Gasteiger partial charge is 0.245 e. The maximum absolute atomic E-state index is 12.7. The molecule has 2 unspecified atom stereocenters. The van der Waals surface area contributed by atoms with Crippen LogP contribution >= 0.6 is 12.4 Å². The minimum absolute atomic E-state index is 0. The quantitative estimate of drug-likeness (QED) is 0.821. The highest BCUT2D eigenvalue weighted by Crippen LogP contribution is 2.50. The fourth-order valence-electron chi connectivity index (χ4n) is 3.71. The fourth-order valence-corrected chi connectivity index (χ4v) is 3.71. The van der Waals surface area contributed by atoms with Crippen molar-refractivity contribution in [2.24, 2.45) is 11.1 Å². The molecule has 144 valence electrons. The summed E-state index contributed by atoms with van der Waals surface area (Å²) in [6.07, 6.45) is 2.00. The molecule has 6 nitrogen and oxygen atoms in total. The van der Waals surface area contributed by atoms with Gasteiger partial charge in [0.2, 0.25) is 11.8 Å². The summed E-state index contributed by atoms with van der Waals surface area (Å²) in [5.74, 6) is -0.0469. The van der Waals surface area contributed by atoms with Gasteiger partial charge in [0.25, 0.3) is 0 Å². The lowest BCUT2D eigenvalue weighted by atomic mass is 9.54. The molecule has 2 atom stereocenters. The number of nitrogens with two attached hydrogens (primary N) is 1. The Bertz CT molecular complexity index is 677. The number of anilines is 2. The lowest BCUT2D eigenvalue weighted by Gasteiger charge is -2.57. The molecule has 1 aliphatic carbocycles. The number of hydrogen-bond donors (Lipinski definition) is 2. The van der Waals surface area contributed by atoms with E-state index in [2.05, 4.69) is 5.32 Å². The molecule has 1 aromatic carbocycles. The van der Waals surface area contributed by atoms with Crippen molar-refractivity contribution >= 4 is 35.6 Å². The van der Waals surface area contributed by atoms with Gasteiger partial charge in [-0.1, -0.05) is 13.8 Å². The predicted molar refractivity (Wildman–Crippen MR) is 105 cm³/mol. The highest BCUT2D eigenvalue weighted by atomic mass is 35.5. The summed E-state index contributed by atoms with van der Waals surface area (Å²) in [5, 5.41) is 2.91. The lowest BCUT2D eigenvalue weighted by molar-refractivity contribution is -0.166. The van der Waals surface area contributed by atoms with Crippen molar-refractivity contribution in [2.75, 3.05) is 23.4 Å². The van der Waals surface area contributed by atoms with Crippen LogP contribution in [0.25, 0.3) is 0 Å². The van der Waals surface area contributed by atoms with Gasteiger partial charge < -0.3 is 20.7 Å². The molecular formula is C19H28ClN3O3. The average Bonchev–Trinajstić information content (AvgIpc) is 3.01. The maximum atomic E-state index is 12.7. The first-order valence-electron chi connectivity index (χ1n) is 8.92. The molecule has 1 saturated carbocycles. The summed E-state index contributed by atoms with van der Waals surface area (Å²) < 4.78 is 5.67. The van der Waals surface area contributed by atoms with Crippen LogP contribution in [0.15, 0.2) is 24.3 Å². The number of ether oxygens (including phenoxy) is 1. The van der Waals surface area contributed by atoms with Crippen molar-refractivity contribution in [3.63, 3.8) is 0 Å². The van der Waals surface area contributed by atoms with Gasteiger partial charge in [0, 0.05) is 42.8 Å². The van der Waals surface area contributed by atoms with Crippen LogP contribution in [0.5, 0.6) is 0 Å². The molecule has 1 saturated heterocycles. The Morgan fingerprint density at radius 2 is 2.00 bits per heavy atom. The van der Waals surface area contributed by atoms with Gasteiger partial charge in [-0.25, -0.2) is 0 Å². The molecule has 0 radical (unpaired) electrons. The van der Waals surface area contributed by atoms with Gasteiger partial charge in [0.05, 0.1) is 6.10 Å². The van der Waals surface area contributed by atoms with Crippen molar-refractivity contribution < 1.29 is 14.3 Å². The Kier molecular flexibility index (Phi) is 6.00. The molecule has 0 aromatic heterocycles. The maximum Gasteiger partial charge on any atom is 0.245 e. The number of rotatable bonds is 5. The molecule has 1 heterocycles. The van der Waals surface area contributed by atoms with Crippen molar-refractivity contribution in [3.05, 3.63) is 24.3 Å². The van der Waals surface area contributed by atoms with Gasteiger partial charge in [-0.15, -0.1) is 12.4 Å². The van der Waals surface area contributed by atoms with Gasteiger partial charge in [0.1, 0.15) is 5.54 Å². The first-order valence-corrected chi connectivity index (χ1v) is 8.92. The number of carbonyl (C=O) groups is 2. The van der Waals surface area contributed by atoms with E-state index in [9.17, 15) is 9.59 Å². The Balaban J connectivity index is 0.00000243. The SMILES string of the molecule is CCOC1CC(N)(C(=O)Nc2ccc(N3CCCC3=O)cc2)C1(C)C.Cl. The van der Waals surface area contributed by atoms with Crippen molar-refractivity contribution in [2.45, 2.75) is 51.7 Å². The Morgan fingerprint density at radius 3 is 2.50 bits per heavy atom. The van der Waals surface area contributed by atoms with E-state index in [1.165, 1.54) is 0 Å². The molecule has 1 aliphatic heterocycles. The zero-order valence-electron chi connectivity index (χ0n) is 15.6. The van der Waals surface area contributed by atoms with Crippen molar-refractivity contribution in [1.82, 2.24) is 0 Å². The molecule has 26 heavy (non-hydrogen) atoms. The molecule has 7 heteroatoms. The second-order valence-corrected chi connectivity index (χ2v) is 7.49. The third-order valence-electron chi connectivity index (χ3n) is 5.75. The molecule has 3 rings (SSSR count). The average molecular weight is 382 g/mol. The van der Waals surface area contributed by atoms with E-state index >= 15 is 0 Å². The summed E-state index contributed by atoms with van der Waals surface area (Å²) in [5.41, 5.74) is 6.57. The normalized spacial score (nSPS) is 26.8. The minimum atomic E-state index is -0.948. The van der Waals surface area contributed by atoms with Gasteiger partial charge in [0.15, 0.2) is 0 Å². The second-order valence-electron chi connectivity index (χ2n) is 7.49. The zero-order chi connectivity index (χ0) is 18.2. The van der Waals surface area contributed by atoms with E-state index in [-0.39, 0.29) is 30.3 Å². The Hall–Kier alpha value is -1.63. The van der Waals surface area contributed by atoms with Gasteiger partial charge >= 0.3 is 0 Å². The summed E-state index contributed by atoms with van der Waals surface area (Å²) in [6.45, 7) is 7.25. The minimum Gasteiger partial charge on any atom is -0.378 e. The number of nitrogens with one attached hydrogen (secondary N) is 1. The first kappa shape index (κ1) is 20.7. The van der Waals surface area contributed by atoms with Crippen LogP contribution in [0.3, 0.4) is 0 Å². The number of hydrogen-bond acceptors (Lipinski definition) is 4. The molecule has 0 bridgehead atoms. The van der Waals surface area contributed by atoms with E-state index < -0.39 is 11.0 Å². The van der Waals surface area contributed by atoms with Crippen LogP contribution in [-0.2, 0) is 14.3 Å². The standard InChI is InChI=1S/C19H27N3O3.ClH/c1-4-25-15-12-19(20,18(15,2)3)17(24)21-13-7-9-14(10-8-13)22-11-5-6-16(22)23;/h7-10,15H,4-6,11-12,20H2,1-3H3,(H,21,24);1H. The number of amides is 2. The van der Waals surface area contributed by atoms with Gasteiger partial charge in [-0.2, -0.15) is 0 Å². The first-order chi connectivity index (χ1) is 11.8. The lowest BCUT2D eigenvalue weighted by Crippen LogP contribution is -2.74. The van der Waals surface area contributed by atoms with Crippen LogP contribution in [0, 0.1) is 5.41 Å². The molecule has 2 fully saturated rings. The molecule has 2 amide bonds. The van der Waals surface area contributed by atoms with Crippen molar-refractivity contribution in [3.8, 4) is 0 Å². The van der Waals surface area contributed by atoms with E-state index in [1.807, 2.05) is 45.0 Å². The third kappa shape index (κ3) is 3.33. The Labute approximate surface area is 160 Å². The van der Waals surface area contributed by atoms with Crippen LogP contribution in [-0.4, -0.2) is 36.6 Å². The topological polar surface area (TPSA) is 84.7 Å². The number of halogens is 1. The highest BCUT2D eigenvalue weighted by Gasteiger charge is 2.62. The fraction of sp³-hybridized carbons (Fsp3) is 0.579. The summed E-state index contributed by atoms with van der Waals surface area (Å²) in [7, 11) is 0. The highest BCUT2D eigenvalue weighted by molar-refractivity contribution is 6.00. The Morgan fingerprint density at radius 1 is 1.35 bits per heavy atom. The second kappa shape index (κ2) is 7.55. The molecule has 1 aromatic rings. The molecule has 2 aliphatic rings. The van der Waals surface area contributed by atoms with Crippen LogP contribution < -0.4 is 16.0 Å². The van der Waals surface area contributed by atoms with Crippen LogP contribution in [0.2, 0.25) is 0 Å². The zero-order valence-corrected chi connectivity index (χ0v) is 16.4. The number of nitrogens with zero attached hydrogens (tertiary/aromatic N) is 1. The number of carbonyl (C=O) groups excluding carboxylic acids is 2. The van der Waals surface area contributed by atoms with Crippen molar-refractivity contribution in [1.29, 1.82) is 0 Å². The van der Waals surface area contributed by atoms with E-state index in [0.717, 1.165) is 18.7 Å². The predicted octanol–water partition coefficient (Wildman–Crippen LogP) is 2.71. The summed E-state index contributed by atoms with van der Waals surface area (Å²) in [6, 6.07) is 7.34. The third-order valence-corrected chi connectivity index (χ3v) is 5.75. The molecular weight excluding hydrogens is 354 g/mol. The summed E-state index contributed by atoms with van der Waals surface area (Å²) in [4.78, 5) is 26.3. The molecule has 0 spiro atoms. The molecule has 3 N–H and O–H groups in total. The number of benzene rings is 1. The largest absolute Gasteiger partial charge is 0.378 e. The van der Waals surface area contributed by atoms with E-state index in [0.29, 0.717) is 25.1 Å². The van der Waals surface area contributed by atoms with Crippen LogP contribution in [0.4, 0.5) is 11.4 Å². The van der Waals surface area contributed by atoms with Gasteiger partial charge in [-0.3, -0.25) is 9.59 Å². The van der Waals surface area contributed by atoms with E-state index in [4.69, 9.17) is 10.5 Å².